The van der Waals surface area contributed by atoms with E-state index in [1.165, 1.54) is 38.5 Å². The molecule has 0 saturated heterocycles. The number of hydrogen-bond acceptors (Lipinski definition) is 8. The minimum atomic E-state index is -3.60. The van der Waals surface area contributed by atoms with Gasteiger partial charge in [-0.1, -0.05) is 12.1 Å². The predicted octanol–water partition coefficient (Wildman–Crippen LogP) is 2.24. The maximum absolute atomic E-state index is 13.2. The highest BCUT2D eigenvalue weighted by molar-refractivity contribution is 7.92. The lowest BCUT2D eigenvalue weighted by atomic mass is 10.1. The second-order valence-corrected chi connectivity index (χ2v) is 9.48. The first kappa shape index (κ1) is 24.6. The van der Waals surface area contributed by atoms with Crippen LogP contribution in [0.25, 0.3) is 0 Å². The van der Waals surface area contributed by atoms with Gasteiger partial charge in [0.15, 0.2) is 0 Å². The smallest absolute Gasteiger partial charge is 0.257 e. The Bertz CT molecular complexity index is 1340. The summed E-state index contributed by atoms with van der Waals surface area (Å²) in [6.45, 7) is 3.59. The number of nitrogens with zero attached hydrogens (tertiary/aromatic N) is 4. The molecular formula is C22H25N7O4S. The number of aromatic nitrogens is 3. The number of carbonyl (C=O) groups is 2. The maximum Gasteiger partial charge on any atom is 0.257 e. The molecule has 0 radical (unpaired) electrons. The number of amides is 2. The van der Waals surface area contributed by atoms with Crippen molar-refractivity contribution in [2.75, 3.05) is 35.3 Å². The summed E-state index contributed by atoms with van der Waals surface area (Å²) in [5.74, 6) is 0.362. The molecule has 2 heterocycles. The van der Waals surface area contributed by atoms with Gasteiger partial charge in [0.1, 0.15) is 17.5 Å². The van der Waals surface area contributed by atoms with Gasteiger partial charge >= 0.3 is 0 Å². The van der Waals surface area contributed by atoms with Crippen molar-refractivity contribution in [1.29, 1.82) is 0 Å². The molecule has 0 aliphatic carbocycles. The van der Waals surface area contributed by atoms with Crippen LogP contribution in [0.3, 0.4) is 0 Å². The second-order valence-electron chi connectivity index (χ2n) is 7.46. The first-order valence-corrected chi connectivity index (χ1v) is 12.0. The van der Waals surface area contributed by atoms with E-state index < -0.39 is 21.8 Å². The molecule has 2 amide bonds. The minimum absolute atomic E-state index is 0.117. The number of pyridine rings is 1. The SMILES string of the molecule is CNC(=O)c1cnc(Nc2cc(C)nc(C)n2)cc1NC(=O)c1ccccc1N(C)S(C)(=O)=O. The van der Waals surface area contributed by atoms with E-state index in [0.717, 1.165) is 16.3 Å². The molecule has 0 unspecified atom stereocenters. The van der Waals surface area contributed by atoms with Crippen LogP contribution < -0.4 is 20.3 Å². The van der Waals surface area contributed by atoms with Crippen LogP contribution in [0.5, 0.6) is 0 Å². The van der Waals surface area contributed by atoms with Crippen LogP contribution in [0, 0.1) is 13.8 Å². The highest BCUT2D eigenvalue weighted by atomic mass is 32.2. The van der Waals surface area contributed by atoms with Gasteiger partial charge in [0.05, 0.1) is 28.8 Å². The molecule has 3 rings (SSSR count). The van der Waals surface area contributed by atoms with Crippen LogP contribution in [0.4, 0.5) is 23.0 Å². The molecule has 0 fully saturated rings. The monoisotopic (exact) mass is 483 g/mol. The highest BCUT2D eigenvalue weighted by Gasteiger charge is 2.21. The molecule has 1 aromatic carbocycles. The van der Waals surface area contributed by atoms with Crippen LogP contribution in [0.15, 0.2) is 42.6 Å². The topological polar surface area (TPSA) is 146 Å². The van der Waals surface area contributed by atoms with Crippen molar-refractivity contribution in [2.45, 2.75) is 13.8 Å². The molecule has 0 atom stereocenters. The van der Waals surface area contributed by atoms with Gasteiger partial charge in [0.25, 0.3) is 11.8 Å². The number of rotatable bonds is 7. The van der Waals surface area contributed by atoms with Gasteiger partial charge in [-0.05, 0) is 26.0 Å². The zero-order valence-corrected chi connectivity index (χ0v) is 20.2. The molecule has 11 nitrogen and oxygen atoms in total. The lowest BCUT2D eigenvalue weighted by Crippen LogP contribution is -2.28. The van der Waals surface area contributed by atoms with Crippen LogP contribution in [-0.4, -0.2) is 55.5 Å². The fourth-order valence-electron chi connectivity index (χ4n) is 3.16. The maximum atomic E-state index is 13.2. The molecule has 0 aliphatic rings. The standard InChI is InChI=1S/C22H25N7O4S/c1-13-10-20(26-14(2)25-13)28-19-11-17(16(12-24-19)21(30)23-3)27-22(31)15-8-6-7-9-18(15)29(4)34(5,32)33/h6-12H,1-5H3,(H,23,30)(H2,24,25,26,27,28,31). The van der Waals surface area contributed by atoms with E-state index in [9.17, 15) is 18.0 Å². The van der Waals surface area contributed by atoms with Crippen molar-refractivity contribution < 1.29 is 18.0 Å². The van der Waals surface area contributed by atoms with Gasteiger partial charge in [0.2, 0.25) is 10.0 Å². The first-order chi connectivity index (χ1) is 16.0. The number of carbonyl (C=O) groups excluding carboxylic acids is 2. The van der Waals surface area contributed by atoms with Crippen LogP contribution in [0.1, 0.15) is 32.2 Å². The first-order valence-electron chi connectivity index (χ1n) is 10.2. The Morgan fingerprint density at radius 2 is 1.68 bits per heavy atom. The van der Waals surface area contributed by atoms with Crippen molar-refractivity contribution >= 4 is 44.8 Å². The summed E-state index contributed by atoms with van der Waals surface area (Å²) in [4.78, 5) is 38.3. The van der Waals surface area contributed by atoms with Crippen molar-refractivity contribution in [3.63, 3.8) is 0 Å². The van der Waals surface area contributed by atoms with Crippen molar-refractivity contribution in [2.24, 2.45) is 0 Å². The Hall–Kier alpha value is -4.06. The summed E-state index contributed by atoms with van der Waals surface area (Å²) >= 11 is 0. The Labute approximate surface area is 197 Å². The largest absolute Gasteiger partial charge is 0.355 e. The number of nitrogens with one attached hydrogen (secondary N) is 3. The Morgan fingerprint density at radius 1 is 0.971 bits per heavy atom. The summed E-state index contributed by atoms with van der Waals surface area (Å²) in [6.07, 6.45) is 2.37. The summed E-state index contributed by atoms with van der Waals surface area (Å²) < 4.78 is 25.1. The molecule has 3 aromatic rings. The summed E-state index contributed by atoms with van der Waals surface area (Å²) in [5, 5.41) is 8.25. The number of anilines is 4. The Morgan fingerprint density at radius 3 is 2.32 bits per heavy atom. The van der Waals surface area contributed by atoms with E-state index in [1.54, 1.807) is 25.1 Å². The summed E-state index contributed by atoms with van der Waals surface area (Å²) in [5.41, 5.74) is 1.39. The third kappa shape index (κ3) is 5.64. The zero-order valence-electron chi connectivity index (χ0n) is 19.4. The summed E-state index contributed by atoms with van der Waals surface area (Å²) in [7, 11) is -0.782. The highest BCUT2D eigenvalue weighted by Crippen LogP contribution is 2.25. The number of para-hydroxylation sites is 1. The Balaban J connectivity index is 1.99. The number of aryl methyl sites for hydroxylation is 2. The van der Waals surface area contributed by atoms with Crippen molar-refractivity contribution in [3.05, 3.63) is 65.2 Å². The van der Waals surface area contributed by atoms with E-state index >= 15 is 0 Å². The third-order valence-electron chi connectivity index (χ3n) is 4.83. The molecule has 0 aliphatic heterocycles. The van der Waals surface area contributed by atoms with E-state index in [1.807, 2.05) is 6.92 Å². The molecule has 2 aromatic heterocycles. The summed E-state index contributed by atoms with van der Waals surface area (Å²) in [6, 6.07) is 9.50. The zero-order chi connectivity index (χ0) is 25.0. The number of sulfonamides is 1. The molecule has 0 bridgehead atoms. The van der Waals surface area contributed by atoms with Crippen molar-refractivity contribution in [1.82, 2.24) is 20.3 Å². The molecular weight excluding hydrogens is 458 g/mol. The quantitative estimate of drug-likeness (QED) is 0.464. The van der Waals surface area contributed by atoms with E-state index in [4.69, 9.17) is 0 Å². The van der Waals surface area contributed by atoms with Gasteiger partial charge in [-0.15, -0.1) is 0 Å². The van der Waals surface area contributed by atoms with Crippen LogP contribution >= 0.6 is 0 Å². The lowest BCUT2D eigenvalue weighted by molar-refractivity contribution is 0.0963. The fourth-order valence-corrected chi connectivity index (χ4v) is 3.68. The normalized spacial score (nSPS) is 11.0. The van der Waals surface area contributed by atoms with Crippen LogP contribution in [-0.2, 0) is 10.0 Å². The third-order valence-corrected chi connectivity index (χ3v) is 6.02. The van der Waals surface area contributed by atoms with Crippen molar-refractivity contribution in [3.8, 4) is 0 Å². The number of benzene rings is 1. The number of hydrogen-bond donors (Lipinski definition) is 3. The van der Waals surface area contributed by atoms with Gasteiger partial charge in [-0.25, -0.2) is 23.4 Å². The predicted molar refractivity (Wildman–Crippen MR) is 130 cm³/mol. The fraction of sp³-hybridized carbons (Fsp3) is 0.227. The average molecular weight is 484 g/mol. The minimum Gasteiger partial charge on any atom is -0.355 e. The van der Waals surface area contributed by atoms with Crippen LogP contribution in [0.2, 0.25) is 0 Å². The molecule has 0 saturated carbocycles. The molecule has 12 heteroatoms. The lowest BCUT2D eigenvalue weighted by Gasteiger charge is -2.20. The van der Waals surface area contributed by atoms with E-state index in [-0.39, 0.29) is 22.5 Å². The van der Waals surface area contributed by atoms with Gasteiger partial charge in [-0.2, -0.15) is 0 Å². The second kappa shape index (κ2) is 9.83. The molecule has 34 heavy (non-hydrogen) atoms. The van der Waals surface area contributed by atoms with E-state index in [0.29, 0.717) is 17.5 Å². The molecule has 3 N–H and O–H groups in total. The van der Waals surface area contributed by atoms with Gasteiger partial charge in [-0.3, -0.25) is 13.9 Å². The molecule has 0 spiro atoms. The average Bonchev–Trinajstić information content (AvgIpc) is 2.77. The van der Waals surface area contributed by atoms with E-state index in [2.05, 4.69) is 30.9 Å². The van der Waals surface area contributed by atoms with Gasteiger partial charge < -0.3 is 16.0 Å². The molecule has 178 valence electrons. The Kier molecular flexibility index (Phi) is 7.11. The van der Waals surface area contributed by atoms with Gasteiger partial charge in [0, 0.05) is 38.1 Å².